The molecule has 0 aromatic carbocycles. The van der Waals surface area contributed by atoms with Gasteiger partial charge in [0.25, 0.3) is 0 Å². The van der Waals surface area contributed by atoms with E-state index in [0.717, 1.165) is 12.5 Å². The maximum absolute atomic E-state index is 3.60. The van der Waals surface area contributed by atoms with Gasteiger partial charge in [0.05, 0.1) is 0 Å². The molecule has 0 bridgehead atoms. The van der Waals surface area contributed by atoms with E-state index in [4.69, 9.17) is 0 Å². The molecule has 86 valence electrons. The number of nitrogens with one attached hydrogen (secondary N) is 1. The van der Waals surface area contributed by atoms with E-state index in [9.17, 15) is 0 Å². The summed E-state index contributed by atoms with van der Waals surface area (Å²) in [5.41, 5.74) is 2.94. The largest absolute Gasteiger partial charge is 0.310 e. The second-order valence-electron chi connectivity index (χ2n) is 4.37. The molecule has 0 aliphatic rings. The molecule has 0 aliphatic heterocycles. The monoisotopic (exact) mass is 225 g/mol. The van der Waals surface area contributed by atoms with E-state index in [0.29, 0.717) is 6.04 Å². The zero-order valence-electron chi connectivity index (χ0n) is 10.3. The van der Waals surface area contributed by atoms with Crippen LogP contribution in [0.3, 0.4) is 0 Å². The minimum atomic E-state index is 0.552. The fraction of sp³-hybridized carbons (Fsp3) is 0.692. The molecule has 2 atom stereocenters. The molecule has 1 aromatic heterocycles. The van der Waals surface area contributed by atoms with Gasteiger partial charge in [-0.25, -0.2) is 0 Å². The Morgan fingerprint density at radius 3 is 2.53 bits per heavy atom. The van der Waals surface area contributed by atoms with Crippen LogP contribution in [0, 0.1) is 12.8 Å². The van der Waals surface area contributed by atoms with Crippen molar-refractivity contribution in [1.29, 1.82) is 0 Å². The highest BCUT2D eigenvalue weighted by atomic mass is 32.1. The third-order valence-electron chi connectivity index (χ3n) is 3.06. The predicted molar refractivity (Wildman–Crippen MR) is 69.5 cm³/mol. The van der Waals surface area contributed by atoms with Crippen molar-refractivity contribution in [3.8, 4) is 0 Å². The van der Waals surface area contributed by atoms with Crippen LogP contribution < -0.4 is 5.32 Å². The van der Waals surface area contributed by atoms with Gasteiger partial charge in [-0.15, -0.1) is 0 Å². The van der Waals surface area contributed by atoms with E-state index < -0.39 is 0 Å². The molecule has 1 aromatic rings. The van der Waals surface area contributed by atoms with Gasteiger partial charge < -0.3 is 5.32 Å². The average Bonchev–Trinajstić information content (AvgIpc) is 2.63. The topological polar surface area (TPSA) is 12.0 Å². The van der Waals surface area contributed by atoms with Gasteiger partial charge in [0.1, 0.15) is 0 Å². The number of hydrogen-bond donors (Lipinski definition) is 1. The molecule has 0 fully saturated rings. The third kappa shape index (κ3) is 3.62. The molecule has 0 amide bonds. The Balaban J connectivity index is 2.69. The van der Waals surface area contributed by atoms with Crippen LogP contribution in [0.2, 0.25) is 0 Å². The smallest absolute Gasteiger partial charge is 0.0333 e. The van der Waals surface area contributed by atoms with Crippen molar-refractivity contribution in [2.45, 2.75) is 46.6 Å². The Bertz CT molecular complexity index is 280. The van der Waals surface area contributed by atoms with Gasteiger partial charge in [0.15, 0.2) is 0 Å². The molecular formula is C13H23NS. The van der Waals surface area contributed by atoms with Crippen LogP contribution in [0.1, 0.15) is 50.8 Å². The maximum atomic E-state index is 3.60. The SMILES string of the molecule is CCNC(CC(C)CC)c1cscc1C. The summed E-state index contributed by atoms with van der Waals surface area (Å²) in [6, 6.07) is 0.552. The van der Waals surface area contributed by atoms with Crippen molar-refractivity contribution in [3.63, 3.8) is 0 Å². The summed E-state index contributed by atoms with van der Waals surface area (Å²) in [6.07, 6.45) is 2.52. The number of rotatable bonds is 6. The lowest BCUT2D eigenvalue weighted by Crippen LogP contribution is -2.23. The molecule has 1 rings (SSSR count). The fourth-order valence-electron chi connectivity index (χ4n) is 1.86. The van der Waals surface area contributed by atoms with Gasteiger partial charge in [-0.3, -0.25) is 0 Å². The summed E-state index contributed by atoms with van der Waals surface area (Å²) in [7, 11) is 0. The third-order valence-corrected chi connectivity index (χ3v) is 3.94. The highest BCUT2D eigenvalue weighted by Crippen LogP contribution is 2.27. The first kappa shape index (κ1) is 12.7. The minimum Gasteiger partial charge on any atom is -0.310 e. The van der Waals surface area contributed by atoms with Crippen molar-refractivity contribution >= 4 is 11.3 Å². The molecule has 1 heterocycles. The lowest BCUT2D eigenvalue weighted by Gasteiger charge is -2.21. The van der Waals surface area contributed by atoms with Crippen molar-refractivity contribution in [1.82, 2.24) is 5.32 Å². The standard InChI is InChI=1S/C13H23NS/c1-5-10(3)7-13(14-6-2)12-9-15-8-11(12)4/h8-10,13-14H,5-7H2,1-4H3. The molecular weight excluding hydrogens is 202 g/mol. The quantitative estimate of drug-likeness (QED) is 0.767. The average molecular weight is 225 g/mol. The molecule has 2 unspecified atom stereocenters. The van der Waals surface area contributed by atoms with Crippen LogP contribution in [0.15, 0.2) is 10.8 Å². The van der Waals surface area contributed by atoms with Crippen LogP contribution in [-0.4, -0.2) is 6.54 Å². The zero-order chi connectivity index (χ0) is 11.3. The van der Waals surface area contributed by atoms with Crippen LogP contribution in [0.5, 0.6) is 0 Å². The van der Waals surface area contributed by atoms with Gasteiger partial charge >= 0.3 is 0 Å². The highest BCUT2D eigenvalue weighted by Gasteiger charge is 2.15. The Kier molecular flexibility index (Phi) is 5.34. The second kappa shape index (κ2) is 6.29. The van der Waals surface area contributed by atoms with E-state index in [1.165, 1.54) is 24.0 Å². The summed E-state index contributed by atoms with van der Waals surface area (Å²) < 4.78 is 0. The summed E-state index contributed by atoms with van der Waals surface area (Å²) in [5.74, 6) is 0.799. The fourth-order valence-corrected chi connectivity index (χ4v) is 2.77. The normalized spacial score (nSPS) is 15.2. The molecule has 15 heavy (non-hydrogen) atoms. The van der Waals surface area contributed by atoms with Crippen molar-refractivity contribution in [2.24, 2.45) is 5.92 Å². The summed E-state index contributed by atoms with van der Waals surface area (Å²) >= 11 is 1.82. The Morgan fingerprint density at radius 1 is 1.33 bits per heavy atom. The first-order valence-corrected chi connectivity index (χ1v) is 6.89. The molecule has 0 spiro atoms. The van der Waals surface area contributed by atoms with Crippen molar-refractivity contribution in [3.05, 3.63) is 21.9 Å². The van der Waals surface area contributed by atoms with Gasteiger partial charge in [-0.2, -0.15) is 11.3 Å². The lowest BCUT2D eigenvalue weighted by atomic mass is 9.94. The lowest BCUT2D eigenvalue weighted by molar-refractivity contribution is 0.408. The summed E-state index contributed by atoms with van der Waals surface area (Å²) in [5, 5.41) is 8.14. The number of hydrogen-bond acceptors (Lipinski definition) is 2. The van der Waals surface area contributed by atoms with Crippen LogP contribution in [0.4, 0.5) is 0 Å². The summed E-state index contributed by atoms with van der Waals surface area (Å²) in [4.78, 5) is 0. The van der Waals surface area contributed by atoms with E-state index in [-0.39, 0.29) is 0 Å². The molecule has 0 saturated carbocycles. The second-order valence-corrected chi connectivity index (χ2v) is 5.11. The van der Waals surface area contributed by atoms with Crippen LogP contribution in [-0.2, 0) is 0 Å². The first-order chi connectivity index (χ1) is 7.19. The Labute approximate surface area is 97.9 Å². The van der Waals surface area contributed by atoms with E-state index in [2.05, 4.69) is 43.8 Å². The van der Waals surface area contributed by atoms with E-state index >= 15 is 0 Å². The Hall–Kier alpha value is -0.340. The predicted octanol–water partition coefficient (Wildman–Crippen LogP) is 4.14. The van der Waals surface area contributed by atoms with Crippen LogP contribution >= 0.6 is 11.3 Å². The first-order valence-electron chi connectivity index (χ1n) is 5.95. The van der Waals surface area contributed by atoms with Crippen LogP contribution in [0.25, 0.3) is 0 Å². The van der Waals surface area contributed by atoms with Gasteiger partial charge in [0, 0.05) is 6.04 Å². The number of thiophene rings is 1. The van der Waals surface area contributed by atoms with Gasteiger partial charge in [-0.05, 0) is 47.7 Å². The molecule has 1 N–H and O–H groups in total. The van der Waals surface area contributed by atoms with Gasteiger partial charge in [-0.1, -0.05) is 27.2 Å². The van der Waals surface area contributed by atoms with Crippen molar-refractivity contribution in [2.75, 3.05) is 6.54 Å². The minimum absolute atomic E-state index is 0.552. The summed E-state index contributed by atoms with van der Waals surface area (Å²) in [6.45, 7) is 10.1. The number of aryl methyl sites for hydroxylation is 1. The van der Waals surface area contributed by atoms with Gasteiger partial charge in [0.2, 0.25) is 0 Å². The molecule has 0 saturated heterocycles. The van der Waals surface area contributed by atoms with Crippen molar-refractivity contribution < 1.29 is 0 Å². The molecule has 1 nitrogen and oxygen atoms in total. The molecule has 2 heteroatoms. The zero-order valence-corrected chi connectivity index (χ0v) is 11.2. The van der Waals surface area contributed by atoms with E-state index in [1.807, 2.05) is 11.3 Å². The molecule has 0 aliphatic carbocycles. The molecule has 0 radical (unpaired) electrons. The van der Waals surface area contributed by atoms with E-state index in [1.54, 1.807) is 0 Å². The Morgan fingerprint density at radius 2 is 2.07 bits per heavy atom. The highest BCUT2D eigenvalue weighted by molar-refractivity contribution is 7.08. The maximum Gasteiger partial charge on any atom is 0.0333 e.